The smallest absolute Gasteiger partial charge is 0.242 e. The number of rotatable bonds is 7. The number of hydrogen-bond donors (Lipinski definition) is 0. The minimum Gasteiger partial charge on any atom is -0.479 e. The number of carbonyl (C=O) groups excluding carboxylic acids is 1. The van der Waals surface area contributed by atoms with Crippen LogP contribution in [0.3, 0.4) is 0 Å². The SMILES string of the molecule is COc1nc(-c2nc(Cc3ccc(N4CCN(C5COC5)CC4=O)cn3)ncc2F)cc2c1nc(C)n2C(C)C. The number of amides is 1. The molecule has 6 rings (SSSR count). The number of halogens is 1. The highest BCUT2D eigenvalue weighted by atomic mass is 19.1. The fraction of sp³-hybridized carbons (Fsp3) is 0.429. The van der Waals surface area contributed by atoms with E-state index in [0.29, 0.717) is 67.4 Å². The van der Waals surface area contributed by atoms with Gasteiger partial charge in [0, 0.05) is 24.8 Å². The second-order valence-electron chi connectivity index (χ2n) is 10.4. The molecule has 2 aliphatic rings. The van der Waals surface area contributed by atoms with E-state index in [1.165, 1.54) is 7.11 Å². The van der Waals surface area contributed by atoms with Crippen molar-refractivity contribution >= 4 is 22.6 Å². The highest BCUT2D eigenvalue weighted by molar-refractivity contribution is 5.95. The maximum atomic E-state index is 15.0. The van der Waals surface area contributed by atoms with Crippen molar-refractivity contribution in [3.05, 3.63) is 53.8 Å². The van der Waals surface area contributed by atoms with E-state index in [0.717, 1.165) is 29.8 Å². The third-order valence-electron chi connectivity index (χ3n) is 7.42. The van der Waals surface area contributed by atoms with Crippen LogP contribution in [0.5, 0.6) is 5.88 Å². The van der Waals surface area contributed by atoms with Crippen LogP contribution in [0, 0.1) is 12.7 Å². The Kier molecular flexibility index (Phi) is 6.88. The van der Waals surface area contributed by atoms with Gasteiger partial charge in [-0.25, -0.2) is 24.3 Å². The van der Waals surface area contributed by atoms with Crippen LogP contribution in [0.15, 0.2) is 30.6 Å². The normalized spacial score (nSPS) is 16.6. The molecule has 11 nitrogen and oxygen atoms in total. The van der Waals surface area contributed by atoms with Crippen molar-refractivity contribution in [2.75, 3.05) is 44.9 Å². The molecule has 2 aliphatic heterocycles. The van der Waals surface area contributed by atoms with Gasteiger partial charge < -0.3 is 18.9 Å². The zero-order valence-electron chi connectivity index (χ0n) is 23.0. The number of aromatic nitrogens is 6. The van der Waals surface area contributed by atoms with Gasteiger partial charge in [-0.2, -0.15) is 0 Å². The molecule has 12 heteroatoms. The summed E-state index contributed by atoms with van der Waals surface area (Å²) >= 11 is 0. The van der Waals surface area contributed by atoms with Crippen LogP contribution in [0.25, 0.3) is 22.4 Å². The lowest BCUT2D eigenvalue weighted by atomic mass is 10.1. The van der Waals surface area contributed by atoms with Gasteiger partial charge >= 0.3 is 0 Å². The highest BCUT2D eigenvalue weighted by Gasteiger charge is 2.33. The summed E-state index contributed by atoms with van der Waals surface area (Å²) in [4.78, 5) is 39.1. The van der Waals surface area contributed by atoms with Gasteiger partial charge in [0.05, 0.1) is 68.6 Å². The third kappa shape index (κ3) is 4.77. The first kappa shape index (κ1) is 26.2. The van der Waals surface area contributed by atoms with Gasteiger partial charge in [-0.3, -0.25) is 14.7 Å². The van der Waals surface area contributed by atoms with E-state index in [4.69, 9.17) is 9.47 Å². The second-order valence-corrected chi connectivity index (χ2v) is 10.4. The lowest BCUT2D eigenvalue weighted by Gasteiger charge is -2.41. The van der Waals surface area contributed by atoms with E-state index in [-0.39, 0.29) is 17.6 Å². The van der Waals surface area contributed by atoms with Crippen molar-refractivity contribution in [1.29, 1.82) is 0 Å². The van der Waals surface area contributed by atoms with Crippen molar-refractivity contribution in [3.8, 4) is 17.3 Å². The number of carbonyl (C=O) groups is 1. The second kappa shape index (κ2) is 10.5. The van der Waals surface area contributed by atoms with Crippen LogP contribution in [-0.4, -0.2) is 86.3 Å². The lowest BCUT2D eigenvalue weighted by molar-refractivity contribution is -0.127. The highest BCUT2D eigenvalue weighted by Crippen LogP contribution is 2.31. The van der Waals surface area contributed by atoms with E-state index < -0.39 is 5.82 Å². The molecule has 0 spiro atoms. The quantitative estimate of drug-likeness (QED) is 0.345. The Balaban J connectivity index is 1.23. The molecule has 0 aromatic carbocycles. The molecule has 0 N–H and O–H groups in total. The molecule has 4 aromatic heterocycles. The molecule has 208 valence electrons. The Morgan fingerprint density at radius 3 is 2.60 bits per heavy atom. The predicted molar refractivity (Wildman–Crippen MR) is 146 cm³/mol. The predicted octanol–water partition coefficient (Wildman–Crippen LogP) is 2.96. The molecule has 4 aromatic rings. The number of anilines is 1. The maximum absolute atomic E-state index is 15.0. The van der Waals surface area contributed by atoms with Crippen molar-refractivity contribution in [3.63, 3.8) is 0 Å². The first-order chi connectivity index (χ1) is 19.3. The van der Waals surface area contributed by atoms with Crippen LogP contribution >= 0.6 is 0 Å². The zero-order chi connectivity index (χ0) is 28.0. The number of hydrogen-bond acceptors (Lipinski definition) is 9. The van der Waals surface area contributed by atoms with E-state index in [1.807, 2.05) is 19.1 Å². The molecule has 2 fully saturated rings. The number of imidazole rings is 1. The van der Waals surface area contributed by atoms with Gasteiger partial charge in [0.1, 0.15) is 17.3 Å². The molecule has 40 heavy (non-hydrogen) atoms. The van der Waals surface area contributed by atoms with Crippen molar-refractivity contribution in [1.82, 2.24) is 34.4 Å². The number of methoxy groups -OCH3 is 1. The standard InChI is InChI=1S/C28H31FN8O3/c1-16(2)37-17(3)32-27-23(37)10-22(33-28(27)39-4)26-21(29)12-31-24(34-26)9-18-5-6-19(11-30-18)36-8-7-35(13-25(36)38)20-14-40-15-20/h5-6,10-12,16,20H,7-9,13-15H2,1-4H3. The first-order valence-electron chi connectivity index (χ1n) is 13.3. The lowest BCUT2D eigenvalue weighted by Crippen LogP contribution is -2.58. The minimum atomic E-state index is -0.584. The van der Waals surface area contributed by atoms with Crippen molar-refractivity contribution < 1.29 is 18.7 Å². The zero-order valence-corrected chi connectivity index (χ0v) is 23.0. The third-order valence-corrected chi connectivity index (χ3v) is 7.42. The van der Waals surface area contributed by atoms with E-state index in [2.05, 4.69) is 48.2 Å². The fourth-order valence-electron chi connectivity index (χ4n) is 5.32. The Labute approximate surface area is 231 Å². The number of nitrogens with zero attached hydrogens (tertiary/aromatic N) is 8. The Bertz CT molecular complexity index is 1570. The van der Waals surface area contributed by atoms with Crippen LogP contribution in [0.4, 0.5) is 10.1 Å². The van der Waals surface area contributed by atoms with E-state index in [9.17, 15) is 4.79 Å². The largest absolute Gasteiger partial charge is 0.479 e. The van der Waals surface area contributed by atoms with Gasteiger partial charge in [-0.1, -0.05) is 0 Å². The minimum absolute atomic E-state index is 0.0492. The Morgan fingerprint density at radius 2 is 1.95 bits per heavy atom. The summed E-state index contributed by atoms with van der Waals surface area (Å²) in [5, 5.41) is 0. The maximum Gasteiger partial charge on any atom is 0.242 e. The molecule has 0 aliphatic carbocycles. The molecule has 1 amide bonds. The van der Waals surface area contributed by atoms with E-state index in [1.54, 1.807) is 17.2 Å². The summed E-state index contributed by atoms with van der Waals surface area (Å²) in [5.41, 5.74) is 3.28. The van der Waals surface area contributed by atoms with Gasteiger partial charge in [0.15, 0.2) is 11.3 Å². The van der Waals surface area contributed by atoms with Gasteiger partial charge in [0.25, 0.3) is 0 Å². The molecule has 2 saturated heterocycles. The average Bonchev–Trinajstić information content (AvgIpc) is 3.25. The van der Waals surface area contributed by atoms with Crippen LogP contribution in [0.1, 0.15) is 37.2 Å². The van der Waals surface area contributed by atoms with Crippen LogP contribution in [0.2, 0.25) is 0 Å². The fourth-order valence-corrected chi connectivity index (χ4v) is 5.32. The molecule has 0 radical (unpaired) electrons. The molecular weight excluding hydrogens is 515 g/mol. The first-order valence-corrected chi connectivity index (χ1v) is 13.3. The summed E-state index contributed by atoms with van der Waals surface area (Å²) in [5.74, 6) is 0.992. The summed E-state index contributed by atoms with van der Waals surface area (Å²) in [6.07, 6.45) is 3.13. The molecular formula is C28H31FN8O3. The summed E-state index contributed by atoms with van der Waals surface area (Å²) in [7, 11) is 1.52. The van der Waals surface area contributed by atoms with Gasteiger partial charge in [-0.05, 0) is 39.0 Å². The summed E-state index contributed by atoms with van der Waals surface area (Å²) in [6.45, 7) is 9.21. The molecule has 0 bridgehead atoms. The van der Waals surface area contributed by atoms with Gasteiger partial charge in [-0.15, -0.1) is 0 Å². The van der Waals surface area contributed by atoms with Gasteiger partial charge in [0.2, 0.25) is 11.8 Å². The topological polar surface area (TPSA) is 111 Å². The van der Waals surface area contributed by atoms with E-state index >= 15 is 4.39 Å². The van der Waals surface area contributed by atoms with Crippen molar-refractivity contribution in [2.45, 2.75) is 39.3 Å². The summed E-state index contributed by atoms with van der Waals surface area (Å²) in [6, 6.07) is 5.99. The summed E-state index contributed by atoms with van der Waals surface area (Å²) < 4.78 is 27.8. The van der Waals surface area contributed by atoms with Crippen LogP contribution in [-0.2, 0) is 16.0 Å². The Hall–Kier alpha value is -4.03. The molecule has 6 heterocycles. The molecule has 0 saturated carbocycles. The number of fused-ring (bicyclic) bond motifs is 1. The number of aryl methyl sites for hydroxylation is 1. The number of pyridine rings is 2. The Morgan fingerprint density at radius 1 is 1.12 bits per heavy atom. The molecule has 0 atom stereocenters. The monoisotopic (exact) mass is 546 g/mol. The van der Waals surface area contributed by atoms with Crippen molar-refractivity contribution in [2.24, 2.45) is 0 Å². The van der Waals surface area contributed by atoms with Crippen LogP contribution < -0.4 is 9.64 Å². The number of piperazine rings is 1. The average molecular weight is 547 g/mol. The number of ether oxygens (including phenoxy) is 2. The molecule has 0 unspecified atom stereocenters.